The summed E-state index contributed by atoms with van der Waals surface area (Å²) in [7, 11) is 0. The summed E-state index contributed by atoms with van der Waals surface area (Å²) >= 11 is 0. The van der Waals surface area contributed by atoms with Crippen molar-refractivity contribution in [3.8, 4) is 0 Å². The van der Waals surface area contributed by atoms with Crippen LogP contribution in [0.1, 0.15) is 78.2 Å². The van der Waals surface area contributed by atoms with Crippen LogP contribution in [0.3, 0.4) is 0 Å². The average Bonchev–Trinajstić information content (AvgIpc) is 2.97. The fourth-order valence-electron chi connectivity index (χ4n) is 4.34. The molecule has 0 unspecified atom stereocenters. The summed E-state index contributed by atoms with van der Waals surface area (Å²) in [4.78, 5) is 14.0. The lowest BCUT2D eigenvalue weighted by Crippen LogP contribution is -2.28. The van der Waals surface area contributed by atoms with Crippen LogP contribution in [0.4, 0.5) is 0 Å². The molecule has 0 spiro atoms. The third-order valence-electron chi connectivity index (χ3n) is 6.06. The Morgan fingerprint density at radius 1 is 1.07 bits per heavy atom. The van der Waals surface area contributed by atoms with Gasteiger partial charge in [0.1, 0.15) is 0 Å². The Balaban J connectivity index is 1.45. The zero-order valence-corrected chi connectivity index (χ0v) is 15.9. The highest BCUT2D eigenvalue weighted by Crippen LogP contribution is 2.34. The number of allylic oxidation sites excluding steroid dienone is 1. The molecule has 1 atom stereocenters. The van der Waals surface area contributed by atoms with Crippen LogP contribution in [-0.2, 0) is 0 Å². The molecule has 3 nitrogen and oxygen atoms in total. The van der Waals surface area contributed by atoms with Gasteiger partial charge in [0.15, 0.2) is 6.23 Å². The molecule has 140 valence electrons. The topological polar surface area (TPSA) is 40.5 Å². The first-order valence-electron chi connectivity index (χ1n) is 10.00. The Kier molecular flexibility index (Phi) is 5.13. The number of benzene rings is 2. The second kappa shape index (κ2) is 7.69. The molecule has 3 heteroatoms. The minimum atomic E-state index is -0.855. The van der Waals surface area contributed by atoms with Gasteiger partial charge in [0, 0.05) is 17.7 Å². The highest BCUT2D eigenvalue weighted by molar-refractivity contribution is 5.99. The van der Waals surface area contributed by atoms with Gasteiger partial charge >= 0.3 is 0 Å². The molecule has 4 rings (SSSR count). The van der Waals surface area contributed by atoms with Gasteiger partial charge in [-0.3, -0.25) is 4.79 Å². The third-order valence-corrected chi connectivity index (χ3v) is 6.06. The van der Waals surface area contributed by atoms with Crippen molar-refractivity contribution >= 4 is 11.5 Å². The van der Waals surface area contributed by atoms with Gasteiger partial charge < -0.3 is 10.0 Å². The maximum Gasteiger partial charge on any atom is 0.256 e. The Labute approximate surface area is 161 Å². The number of carbonyl (C=O) groups excluding carboxylic acids is 1. The van der Waals surface area contributed by atoms with Crippen molar-refractivity contribution in [1.82, 2.24) is 4.90 Å². The van der Waals surface area contributed by atoms with Gasteiger partial charge in [-0.15, -0.1) is 0 Å². The molecule has 1 N–H and O–H groups in total. The van der Waals surface area contributed by atoms with E-state index >= 15 is 0 Å². The van der Waals surface area contributed by atoms with Gasteiger partial charge in [0.05, 0.1) is 0 Å². The summed E-state index contributed by atoms with van der Waals surface area (Å²) in [6.45, 7) is 2.47. The summed E-state index contributed by atoms with van der Waals surface area (Å²) in [6, 6.07) is 16.2. The van der Waals surface area contributed by atoms with Crippen LogP contribution in [0.25, 0.3) is 5.57 Å². The molecule has 27 heavy (non-hydrogen) atoms. The molecule has 1 fully saturated rings. The van der Waals surface area contributed by atoms with E-state index in [0.717, 1.165) is 5.57 Å². The fraction of sp³-hybridized carbons (Fsp3) is 0.375. The number of fused-ring (bicyclic) bond motifs is 1. The standard InChI is InChI=1S/C24H27NO2/c1-17(18-11-13-20(14-12-18)19-7-3-2-4-8-19)15-16-25-23(26)21-9-5-6-10-22(21)24(25)27/h5-6,9-15,19,23,26H,2-4,7-8,16H2,1H3/b17-15-/t23-/m1/s1. The summed E-state index contributed by atoms with van der Waals surface area (Å²) in [5.41, 5.74) is 5.06. The van der Waals surface area contributed by atoms with Crippen molar-refractivity contribution < 1.29 is 9.90 Å². The van der Waals surface area contributed by atoms with Gasteiger partial charge in [-0.1, -0.05) is 67.8 Å². The van der Waals surface area contributed by atoms with Crippen molar-refractivity contribution in [2.75, 3.05) is 6.54 Å². The van der Waals surface area contributed by atoms with Crippen molar-refractivity contribution in [3.05, 3.63) is 76.9 Å². The number of aliphatic hydroxyl groups excluding tert-OH is 1. The molecule has 1 saturated carbocycles. The molecule has 1 amide bonds. The van der Waals surface area contributed by atoms with Gasteiger partial charge in [-0.05, 0) is 48.4 Å². The summed E-state index contributed by atoms with van der Waals surface area (Å²) in [5, 5.41) is 10.5. The highest BCUT2D eigenvalue weighted by atomic mass is 16.3. The molecule has 2 aliphatic rings. The maximum absolute atomic E-state index is 12.5. The second-order valence-corrected chi connectivity index (χ2v) is 7.76. The Hall–Kier alpha value is -2.39. The Bertz CT molecular complexity index is 847. The van der Waals surface area contributed by atoms with Crippen molar-refractivity contribution in [2.24, 2.45) is 0 Å². The van der Waals surface area contributed by atoms with E-state index in [0.29, 0.717) is 23.6 Å². The Morgan fingerprint density at radius 3 is 2.48 bits per heavy atom. The molecular weight excluding hydrogens is 334 g/mol. The van der Waals surface area contributed by atoms with Crippen LogP contribution in [0, 0.1) is 0 Å². The van der Waals surface area contributed by atoms with Crippen molar-refractivity contribution in [1.29, 1.82) is 0 Å². The molecule has 0 saturated heterocycles. The van der Waals surface area contributed by atoms with E-state index in [-0.39, 0.29) is 5.91 Å². The lowest BCUT2D eigenvalue weighted by Gasteiger charge is -2.22. The zero-order valence-electron chi connectivity index (χ0n) is 15.9. The van der Waals surface area contributed by atoms with Crippen LogP contribution in [0.15, 0.2) is 54.6 Å². The molecule has 2 aromatic rings. The number of hydrogen-bond donors (Lipinski definition) is 1. The largest absolute Gasteiger partial charge is 0.369 e. The number of aliphatic hydroxyl groups is 1. The normalized spacial score (nSPS) is 20.8. The first kappa shape index (κ1) is 18.0. The summed E-state index contributed by atoms with van der Waals surface area (Å²) in [6.07, 6.45) is 7.86. The van der Waals surface area contributed by atoms with Gasteiger partial charge in [0.2, 0.25) is 0 Å². The highest BCUT2D eigenvalue weighted by Gasteiger charge is 2.34. The minimum absolute atomic E-state index is 0.102. The average molecular weight is 361 g/mol. The summed E-state index contributed by atoms with van der Waals surface area (Å²) in [5.74, 6) is 0.614. The molecule has 0 aromatic heterocycles. The van der Waals surface area contributed by atoms with E-state index in [1.165, 1.54) is 48.1 Å². The second-order valence-electron chi connectivity index (χ2n) is 7.76. The zero-order chi connectivity index (χ0) is 18.8. The van der Waals surface area contributed by atoms with E-state index in [1.54, 1.807) is 6.07 Å². The van der Waals surface area contributed by atoms with E-state index in [9.17, 15) is 9.90 Å². The van der Waals surface area contributed by atoms with Crippen LogP contribution in [-0.4, -0.2) is 22.5 Å². The van der Waals surface area contributed by atoms with E-state index < -0.39 is 6.23 Å². The van der Waals surface area contributed by atoms with E-state index in [4.69, 9.17) is 0 Å². The molecule has 1 aliphatic carbocycles. The molecule has 0 radical (unpaired) electrons. The van der Waals surface area contributed by atoms with Crippen molar-refractivity contribution in [2.45, 2.75) is 51.2 Å². The molecule has 1 aliphatic heterocycles. The molecule has 2 aromatic carbocycles. The molecular formula is C24H27NO2. The third kappa shape index (κ3) is 3.57. The number of rotatable bonds is 4. The van der Waals surface area contributed by atoms with Gasteiger partial charge in [0.25, 0.3) is 5.91 Å². The predicted molar refractivity (Wildman–Crippen MR) is 108 cm³/mol. The molecule has 1 heterocycles. The fourth-order valence-corrected chi connectivity index (χ4v) is 4.34. The first-order valence-corrected chi connectivity index (χ1v) is 10.00. The predicted octanol–water partition coefficient (Wildman–Crippen LogP) is 5.28. The molecule has 0 bridgehead atoms. The lowest BCUT2D eigenvalue weighted by atomic mass is 9.84. The van der Waals surface area contributed by atoms with E-state index in [2.05, 4.69) is 31.2 Å². The van der Waals surface area contributed by atoms with Crippen molar-refractivity contribution in [3.63, 3.8) is 0 Å². The van der Waals surface area contributed by atoms with Crippen LogP contribution < -0.4 is 0 Å². The monoisotopic (exact) mass is 361 g/mol. The quantitative estimate of drug-likeness (QED) is 0.804. The maximum atomic E-state index is 12.5. The SMILES string of the molecule is C/C(=C/CN1C(=O)c2ccccc2[C@H]1O)c1ccc(C2CCCCC2)cc1. The Morgan fingerprint density at radius 2 is 1.78 bits per heavy atom. The number of amides is 1. The number of nitrogens with zero attached hydrogens (tertiary/aromatic N) is 1. The van der Waals surface area contributed by atoms with Crippen LogP contribution in [0.2, 0.25) is 0 Å². The van der Waals surface area contributed by atoms with Crippen LogP contribution in [0.5, 0.6) is 0 Å². The first-order chi connectivity index (χ1) is 13.1. The smallest absolute Gasteiger partial charge is 0.256 e. The number of hydrogen-bond acceptors (Lipinski definition) is 2. The van der Waals surface area contributed by atoms with Gasteiger partial charge in [-0.2, -0.15) is 0 Å². The van der Waals surface area contributed by atoms with E-state index in [1.807, 2.05) is 24.3 Å². The number of carbonyl (C=O) groups is 1. The minimum Gasteiger partial charge on any atom is -0.369 e. The van der Waals surface area contributed by atoms with Gasteiger partial charge in [-0.25, -0.2) is 0 Å². The lowest BCUT2D eigenvalue weighted by molar-refractivity contribution is 0.0232. The van der Waals surface area contributed by atoms with Crippen LogP contribution >= 0.6 is 0 Å². The summed E-state index contributed by atoms with van der Waals surface area (Å²) < 4.78 is 0.